The summed E-state index contributed by atoms with van der Waals surface area (Å²) in [7, 11) is 0. The van der Waals surface area contributed by atoms with Gasteiger partial charge in [-0.05, 0) is 50.3 Å². The van der Waals surface area contributed by atoms with Crippen LogP contribution in [0.5, 0.6) is 0 Å². The van der Waals surface area contributed by atoms with Crippen LogP contribution in [0.1, 0.15) is 67.0 Å². The van der Waals surface area contributed by atoms with E-state index >= 15 is 0 Å². The van der Waals surface area contributed by atoms with Gasteiger partial charge >= 0.3 is 0 Å². The number of rotatable bonds is 4. The van der Waals surface area contributed by atoms with Gasteiger partial charge in [0.15, 0.2) is 0 Å². The Balaban J connectivity index is 1.45. The van der Waals surface area contributed by atoms with E-state index in [1.807, 2.05) is 0 Å². The average Bonchev–Trinajstić information content (AvgIpc) is 3.23. The number of aromatic nitrogens is 1. The molecule has 3 heteroatoms. The van der Waals surface area contributed by atoms with Crippen molar-refractivity contribution in [2.75, 3.05) is 13.1 Å². The molecule has 2 aromatic rings. The van der Waals surface area contributed by atoms with Crippen LogP contribution in [-0.4, -0.2) is 28.9 Å². The first-order valence-electron chi connectivity index (χ1n) is 10.5. The number of piperidine rings is 1. The largest absolute Gasteiger partial charge is 0.342 e. The van der Waals surface area contributed by atoms with E-state index in [1.165, 1.54) is 24.0 Å². The number of pyridine rings is 1. The van der Waals surface area contributed by atoms with Gasteiger partial charge in [-0.25, -0.2) is 0 Å². The molecule has 2 heterocycles. The predicted octanol–water partition coefficient (Wildman–Crippen LogP) is 4.88. The number of amides is 1. The van der Waals surface area contributed by atoms with Crippen molar-refractivity contribution in [3.05, 3.63) is 65.0 Å². The van der Waals surface area contributed by atoms with Gasteiger partial charge in [0.25, 0.3) is 0 Å². The van der Waals surface area contributed by atoms with Crippen molar-refractivity contribution in [2.45, 2.75) is 57.8 Å². The Morgan fingerprint density at radius 3 is 2.70 bits per heavy atom. The van der Waals surface area contributed by atoms with Crippen LogP contribution in [0.25, 0.3) is 0 Å². The van der Waals surface area contributed by atoms with E-state index < -0.39 is 0 Å². The highest BCUT2D eigenvalue weighted by atomic mass is 16.2. The standard InChI is InChI=1S/C24H30N2O/c1-18-7-4-8-19(15-18)16-22-12-5-13-23(25-22)21-11-6-14-26(17-21)24(27)20-9-2-3-10-20/h4-5,7-8,12-13,15,20-21H,2-3,6,9-11,14,16-17H2,1H3/t21-/m0/s1. The minimum absolute atomic E-state index is 0.282. The smallest absolute Gasteiger partial charge is 0.225 e. The second-order valence-corrected chi connectivity index (χ2v) is 8.32. The van der Waals surface area contributed by atoms with Gasteiger partial charge in [-0.3, -0.25) is 9.78 Å². The number of hydrogen-bond acceptors (Lipinski definition) is 2. The molecule has 1 amide bonds. The minimum Gasteiger partial charge on any atom is -0.342 e. The summed E-state index contributed by atoms with van der Waals surface area (Å²) >= 11 is 0. The quantitative estimate of drug-likeness (QED) is 0.777. The normalized spacial score (nSPS) is 20.8. The number of likely N-dealkylation sites (tertiary alicyclic amines) is 1. The highest BCUT2D eigenvalue weighted by Crippen LogP contribution is 2.31. The average molecular weight is 363 g/mol. The first-order valence-corrected chi connectivity index (χ1v) is 10.5. The molecule has 1 saturated carbocycles. The van der Waals surface area contributed by atoms with Gasteiger partial charge in [0.1, 0.15) is 0 Å². The Kier molecular flexibility index (Phi) is 5.56. The Labute approximate surface area is 162 Å². The van der Waals surface area contributed by atoms with Gasteiger partial charge in [-0.1, -0.05) is 48.7 Å². The lowest BCUT2D eigenvalue weighted by Gasteiger charge is -2.34. The highest BCUT2D eigenvalue weighted by molar-refractivity contribution is 5.79. The molecule has 2 aliphatic rings. The fourth-order valence-electron chi connectivity index (χ4n) is 4.70. The third-order valence-electron chi connectivity index (χ3n) is 6.15. The molecular weight excluding hydrogens is 332 g/mol. The molecule has 1 atom stereocenters. The van der Waals surface area contributed by atoms with Crippen molar-refractivity contribution in [2.24, 2.45) is 5.92 Å². The van der Waals surface area contributed by atoms with E-state index in [1.54, 1.807) is 0 Å². The van der Waals surface area contributed by atoms with E-state index in [0.29, 0.717) is 11.8 Å². The predicted molar refractivity (Wildman–Crippen MR) is 109 cm³/mol. The maximum absolute atomic E-state index is 12.8. The van der Waals surface area contributed by atoms with Gasteiger partial charge < -0.3 is 4.90 Å². The van der Waals surface area contributed by atoms with Crippen LogP contribution in [0.4, 0.5) is 0 Å². The fourth-order valence-corrected chi connectivity index (χ4v) is 4.70. The van der Waals surface area contributed by atoms with Crippen LogP contribution >= 0.6 is 0 Å². The lowest BCUT2D eigenvalue weighted by molar-refractivity contribution is -0.136. The van der Waals surface area contributed by atoms with Crippen molar-refractivity contribution in [1.82, 2.24) is 9.88 Å². The molecule has 0 radical (unpaired) electrons. The summed E-state index contributed by atoms with van der Waals surface area (Å²) in [5.74, 6) is 1.05. The number of hydrogen-bond donors (Lipinski definition) is 0. The molecule has 4 rings (SSSR count). The lowest BCUT2D eigenvalue weighted by Crippen LogP contribution is -2.42. The minimum atomic E-state index is 0.282. The summed E-state index contributed by atoms with van der Waals surface area (Å²) < 4.78 is 0. The highest BCUT2D eigenvalue weighted by Gasteiger charge is 2.31. The summed E-state index contributed by atoms with van der Waals surface area (Å²) in [4.78, 5) is 19.9. The van der Waals surface area contributed by atoms with Crippen LogP contribution in [0.15, 0.2) is 42.5 Å². The Hall–Kier alpha value is -2.16. The van der Waals surface area contributed by atoms with E-state index in [4.69, 9.17) is 4.98 Å². The number of nitrogens with zero attached hydrogens (tertiary/aromatic N) is 2. The van der Waals surface area contributed by atoms with E-state index in [0.717, 1.165) is 56.6 Å². The van der Waals surface area contributed by atoms with Crippen LogP contribution in [0, 0.1) is 12.8 Å². The molecular formula is C24H30N2O. The summed E-state index contributed by atoms with van der Waals surface area (Å²) in [5, 5.41) is 0. The number of carbonyl (C=O) groups excluding carboxylic acids is 1. The van der Waals surface area contributed by atoms with Crippen LogP contribution in [0.3, 0.4) is 0 Å². The first-order chi connectivity index (χ1) is 13.2. The molecule has 0 unspecified atom stereocenters. The van der Waals surface area contributed by atoms with Crippen molar-refractivity contribution in [3.8, 4) is 0 Å². The Bertz CT molecular complexity index is 794. The topological polar surface area (TPSA) is 33.2 Å². The zero-order valence-electron chi connectivity index (χ0n) is 16.4. The summed E-state index contributed by atoms with van der Waals surface area (Å²) in [6.45, 7) is 3.90. The summed E-state index contributed by atoms with van der Waals surface area (Å²) in [6.07, 6.45) is 7.70. The van der Waals surface area contributed by atoms with E-state index in [2.05, 4.69) is 54.3 Å². The molecule has 0 bridgehead atoms. The van der Waals surface area contributed by atoms with Gasteiger partial charge in [-0.2, -0.15) is 0 Å². The van der Waals surface area contributed by atoms with Crippen molar-refractivity contribution in [1.29, 1.82) is 0 Å². The SMILES string of the molecule is Cc1cccc(Cc2cccc([C@H]3CCCN(C(=O)C4CCCC4)C3)n2)c1. The van der Waals surface area contributed by atoms with Gasteiger partial charge in [0, 0.05) is 42.7 Å². The Morgan fingerprint density at radius 2 is 1.89 bits per heavy atom. The van der Waals surface area contributed by atoms with Gasteiger partial charge in [0.2, 0.25) is 5.91 Å². The monoisotopic (exact) mass is 362 g/mol. The lowest BCUT2D eigenvalue weighted by atomic mass is 9.92. The van der Waals surface area contributed by atoms with Crippen LogP contribution in [-0.2, 0) is 11.2 Å². The van der Waals surface area contributed by atoms with Crippen LogP contribution in [0.2, 0.25) is 0 Å². The molecule has 1 aromatic carbocycles. The van der Waals surface area contributed by atoms with Crippen LogP contribution < -0.4 is 0 Å². The number of aryl methyl sites for hydroxylation is 1. The number of benzene rings is 1. The molecule has 142 valence electrons. The number of carbonyl (C=O) groups is 1. The molecule has 2 fully saturated rings. The second kappa shape index (κ2) is 8.24. The second-order valence-electron chi connectivity index (χ2n) is 8.32. The molecule has 1 aliphatic carbocycles. The first kappa shape index (κ1) is 18.2. The molecule has 3 nitrogen and oxygen atoms in total. The Morgan fingerprint density at radius 1 is 1.07 bits per heavy atom. The molecule has 0 N–H and O–H groups in total. The third kappa shape index (κ3) is 4.40. The summed E-state index contributed by atoms with van der Waals surface area (Å²) in [5.41, 5.74) is 4.87. The maximum Gasteiger partial charge on any atom is 0.225 e. The van der Waals surface area contributed by atoms with Crippen molar-refractivity contribution in [3.63, 3.8) is 0 Å². The summed E-state index contributed by atoms with van der Waals surface area (Å²) in [6, 6.07) is 15.0. The van der Waals surface area contributed by atoms with Crippen molar-refractivity contribution < 1.29 is 4.79 Å². The molecule has 1 aromatic heterocycles. The van der Waals surface area contributed by atoms with E-state index in [-0.39, 0.29) is 5.92 Å². The van der Waals surface area contributed by atoms with Gasteiger partial charge in [-0.15, -0.1) is 0 Å². The fraction of sp³-hybridized carbons (Fsp3) is 0.500. The molecule has 0 spiro atoms. The molecule has 1 aliphatic heterocycles. The zero-order valence-corrected chi connectivity index (χ0v) is 16.4. The zero-order chi connectivity index (χ0) is 18.6. The molecule has 1 saturated heterocycles. The van der Waals surface area contributed by atoms with E-state index in [9.17, 15) is 4.79 Å². The maximum atomic E-state index is 12.8. The van der Waals surface area contributed by atoms with Gasteiger partial charge in [0.05, 0.1) is 0 Å². The third-order valence-corrected chi connectivity index (χ3v) is 6.15. The molecule has 27 heavy (non-hydrogen) atoms. The van der Waals surface area contributed by atoms with Crippen molar-refractivity contribution >= 4 is 5.91 Å².